The Morgan fingerprint density at radius 3 is 2.86 bits per heavy atom. The molecule has 2 aromatic heterocycles. The van der Waals surface area contributed by atoms with Crippen LogP contribution in [0.5, 0.6) is 0 Å². The van der Waals surface area contributed by atoms with Gasteiger partial charge in [-0.05, 0) is 19.1 Å². The summed E-state index contributed by atoms with van der Waals surface area (Å²) in [6.45, 7) is 2.03. The molecule has 108 valence electrons. The van der Waals surface area contributed by atoms with Crippen LogP contribution in [0.25, 0.3) is 17.0 Å². The molecule has 0 unspecified atom stereocenters. The van der Waals surface area contributed by atoms with E-state index in [0.717, 1.165) is 11.0 Å². The van der Waals surface area contributed by atoms with E-state index in [1.807, 2.05) is 35.9 Å². The van der Waals surface area contributed by atoms with Crippen molar-refractivity contribution >= 4 is 22.8 Å². The number of carbonyl (C=O) groups is 1. The van der Waals surface area contributed by atoms with Crippen molar-refractivity contribution in [2.24, 2.45) is 7.05 Å². The molecule has 0 spiro atoms. The van der Waals surface area contributed by atoms with E-state index in [1.165, 1.54) is 10.9 Å². The van der Waals surface area contributed by atoms with E-state index in [4.69, 9.17) is 10.5 Å². The number of carbonyl (C=O) groups excluding carboxylic acids is 1. The number of anilines is 1. The zero-order valence-corrected chi connectivity index (χ0v) is 11.8. The summed E-state index contributed by atoms with van der Waals surface area (Å²) in [4.78, 5) is 16.3. The number of imidazole rings is 1. The third-order valence-electron chi connectivity index (χ3n) is 3.25. The van der Waals surface area contributed by atoms with Gasteiger partial charge in [0.25, 0.3) is 0 Å². The first kappa shape index (κ1) is 13.2. The van der Waals surface area contributed by atoms with Crippen LogP contribution in [0, 0.1) is 0 Å². The van der Waals surface area contributed by atoms with Gasteiger partial charge in [-0.2, -0.15) is 9.78 Å². The molecule has 0 bridgehead atoms. The monoisotopic (exact) mass is 285 g/mol. The maximum atomic E-state index is 11.8. The number of hydrogen-bond acceptors (Lipinski definition) is 5. The summed E-state index contributed by atoms with van der Waals surface area (Å²) in [5.74, 6) is 0.274. The smallest absolute Gasteiger partial charge is 0.343 e. The van der Waals surface area contributed by atoms with Gasteiger partial charge in [0, 0.05) is 7.05 Å². The van der Waals surface area contributed by atoms with Gasteiger partial charge in [-0.1, -0.05) is 12.1 Å². The number of aryl methyl sites for hydroxylation is 1. The highest BCUT2D eigenvalue weighted by Gasteiger charge is 2.20. The Labute approximate surface area is 120 Å². The number of benzene rings is 1. The van der Waals surface area contributed by atoms with Gasteiger partial charge >= 0.3 is 5.97 Å². The van der Waals surface area contributed by atoms with Gasteiger partial charge in [-0.15, -0.1) is 0 Å². The number of fused-ring (bicyclic) bond motifs is 1. The molecule has 0 atom stereocenters. The second-order valence-electron chi connectivity index (χ2n) is 4.54. The number of hydrogen-bond donors (Lipinski definition) is 1. The lowest BCUT2D eigenvalue weighted by Crippen LogP contribution is -2.11. The van der Waals surface area contributed by atoms with Gasteiger partial charge in [0.1, 0.15) is 11.4 Å². The van der Waals surface area contributed by atoms with Crippen molar-refractivity contribution in [1.82, 2.24) is 19.3 Å². The van der Waals surface area contributed by atoms with Crippen molar-refractivity contribution in [3.63, 3.8) is 0 Å². The summed E-state index contributed by atoms with van der Waals surface area (Å²) in [7, 11) is 1.87. The lowest BCUT2D eigenvalue weighted by Gasteiger charge is -2.05. The number of rotatable bonds is 3. The second-order valence-corrected chi connectivity index (χ2v) is 4.54. The number of nitrogens with zero attached hydrogens (tertiary/aromatic N) is 4. The van der Waals surface area contributed by atoms with Crippen molar-refractivity contribution in [2.45, 2.75) is 6.92 Å². The fourth-order valence-corrected chi connectivity index (χ4v) is 2.21. The predicted octanol–water partition coefficient (Wildman–Crippen LogP) is 1.52. The standard InChI is InChI=1S/C14H15N5O2/c1-3-21-13(20)9-8-16-19(12(9)15)14-17-10-6-4-5-7-11(10)18(14)2/h4-8H,3,15H2,1-2H3. The van der Waals surface area contributed by atoms with Gasteiger partial charge in [-0.25, -0.2) is 9.78 Å². The highest BCUT2D eigenvalue weighted by Crippen LogP contribution is 2.21. The van der Waals surface area contributed by atoms with Gasteiger partial charge in [0.15, 0.2) is 0 Å². The van der Waals surface area contributed by atoms with Crippen LogP contribution in [0.3, 0.4) is 0 Å². The summed E-state index contributed by atoms with van der Waals surface area (Å²) in [5, 5.41) is 4.15. The van der Waals surface area contributed by atoms with Crippen LogP contribution in [-0.2, 0) is 11.8 Å². The summed E-state index contributed by atoms with van der Waals surface area (Å²) in [5.41, 5.74) is 8.04. The molecule has 2 heterocycles. The van der Waals surface area contributed by atoms with Crippen molar-refractivity contribution < 1.29 is 9.53 Å². The number of aromatic nitrogens is 4. The van der Waals surface area contributed by atoms with Gasteiger partial charge in [0.05, 0.1) is 23.8 Å². The molecule has 0 saturated carbocycles. The van der Waals surface area contributed by atoms with Crippen LogP contribution in [0.15, 0.2) is 30.5 Å². The predicted molar refractivity (Wildman–Crippen MR) is 78.2 cm³/mol. The van der Waals surface area contributed by atoms with Crippen LogP contribution in [0.1, 0.15) is 17.3 Å². The molecular formula is C14H15N5O2. The SMILES string of the molecule is CCOC(=O)c1cnn(-c2nc3ccccc3n2C)c1N. The Hall–Kier alpha value is -2.83. The lowest BCUT2D eigenvalue weighted by molar-refractivity contribution is 0.0527. The first-order valence-corrected chi connectivity index (χ1v) is 6.56. The van der Waals surface area contributed by atoms with E-state index in [1.54, 1.807) is 6.92 Å². The first-order chi connectivity index (χ1) is 10.1. The van der Waals surface area contributed by atoms with Gasteiger partial charge in [-0.3, -0.25) is 0 Å². The summed E-state index contributed by atoms with van der Waals surface area (Å²) in [6.07, 6.45) is 1.40. The van der Waals surface area contributed by atoms with E-state index in [9.17, 15) is 4.79 Å². The Kier molecular flexibility index (Phi) is 3.09. The van der Waals surface area contributed by atoms with E-state index in [0.29, 0.717) is 5.95 Å². The molecule has 0 aliphatic carbocycles. The summed E-state index contributed by atoms with van der Waals surface area (Å²) < 4.78 is 8.25. The number of nitrogens with two attached hydrogens (primary N) is 1. The molecule has 0 radical (unpaired) electrons. The molecule has 3 aromatic rings. The average molecular weight is 285 g/mol. The summed E-state index contributed by atoms with van der Waals surface area (Å²) >= 11 is 0. The molecule has 0 aliphatic rings. The Morgan fingerprint density at radius 2 is 2.14 bits per heavy atom. The zero-order chi connectivity index (χ0) is 15.0. The molecule has 21 heavy (non-hydrogen) atoms. The molecule has 0 fully saturated rings. The minimum absolute atomic E-state index is 0.215. The van der Waals surface area contributed by atoms with Crippen LogP contribution >= 0.6 is 0 Å². The van der Waals surface area contributed by atoms with Crippen molar-refractivity contribution in [1.29, 1.82) is 0 Å². The van der Waals surface area contributed by atoms with Crippen LogP contribution in [0.4, 0.5) is 5.82 Å². The Morgan fingerprint density at radius 1 is 1.38 bits per heavy atom. The topological polar surface area (TPSA) is 88.0 Å². The number of ether oxygens (including phenoxy) is 1. The number of nitrogen functional groups attached to an aromatic ring is 1. The molecule has 3 rings (SSSR count). The highest BCUT2D eigenvalue weighted by molar-refractivity contribution is 5.94. The van der Waals surface area contributed by atoms with E-state index < -0.39 is 5.97 Å². The average Bonchev–Trinajstić information content (AvgIpc) is 3.01. The second kappa shape index (κ2) is 4.93. The fraction of sp³-hybridized carbons (Fsp3) is 0.214. The van der Waals surface area contributed by atoms with Crippen molar-refractivity contribution in [2.75, 3.05) is 12.3 Å². The molecule has 0 saturated heterocycles. The number of esters is 1. The molecule has 1 aromatic carbocycles. The number of para-hydroxylation sites is 2. The third kappa shape index (κ3) is 2.03. The van der Waals surface area contributed by atoms with Crippen LogP contribution in [-0.4, -0.2) is 31.9 Å². The molecule has 7 nitrogen and oxygen atoms in total. The minimum atomic E-state index is -0.486. The van der Waals surface area contributed by atoms with Gasteiger partial charge < -0.3 is 15.0 Å². The lowest BCUT2D eigenvalue weighted by atomic mass is 10.3. The van der Waals surface area contributed by atoms with Crippen molar-refractivity contribution in [3.05, 3.63) is 36.0 Å². The third-order valence-corrected chi connectivity index (χ3v) is 3.25. The normalized spacial score (nSPS) is 11.0. The Balaban J connectivity index is 2.11. The van der Waals surface area contributed by atoms with Crippen LogP contribution in [0.2, 0.25) is 0 Å². The molecule has 0 aliphatic heterocycles. The van der Waals surface area contributed by atoms with Crippen molar-refractivity contribution in [3.8, 4) is 5.95 Å². The fourth-order valence-electron chi connectivity index (χ4n) is 2.21. The molecule has 0 amide bonds. The zero-order valence-electron chi connectivity index (χ0n) is 11.8. The largest absolute Gasteiger partial charge is 0.462 e. The maximum Gasteiger partial charge on any atom is 0.343 e. The Bertz CT molecular complexity index is 818. The maximum absolute atomic E-state index is 11.8. The highest BCUT2D eigenvalue weighted by atomic mass is 16.5. The molecule has 2 N–H and O–H groups in total. The van der Waals surface area contributed by atoms with Gasteiger partial charge in [0.2, 0.25) is 5.95 Å². The quantitative estimate of drug-likeness (QED) is 0.737. The van der Waals surface area contributed by atoms with Crippen LogP contribution < -0.4 is 5.73 Å². The van der Waals surface area contributed by atoms with E-state index in [2.05, 4.69) is 10.1 Å². The molecule has 7 heteroatoms. The van der Waals surface area contributed by atoms with E-state index >= 15 is 0 Å². The summed E-state index contributed by atoms with van der Waals surface area (Å²) in [6, 6.07) is 7.71. The van der Waals surface area contributed by atoms with E-state index in [-0.39, 0.29) is 18.0 Å². The minimum Gasteiger partial charge on any atom is -0.462 e. The first-order valence-electron chi connectivity index (χ1n) is 6.56. The molecular weight excluding hydrogens is 270 g/mol.